The quantitative estimate of drug-likeness (QED) is 0.631. The summed E-state index contributed by atoms with van der Waals surface area (Å²) in [5.41, 5.74) is -0.247. The standard InChI is InChI=1S/C21H24F3NO/c1-25-20(17-13-14-17,15-7-10-16-8-3-2-4-9-16)26-19-12-6-5-11-18(19)21(22,23)24/h2-6,8-9,11-12,17,25H,7,10,13-15H2,1H3. The van der Waals surface area contributed by atoms with Crippen LogP contribution in [0.5, 0.6) is 5.75 Å². The van der Waals surface area contributed by atoms with Gasteiger partial charge >= 0.3 is 6.18 Å². The fourth-order valence-electron chi connectivity index (χ4n) is 3.45. The summed E-state index contributed by atoms with van der Waals surface area (Å²) in [5, 5.41) is 3.20. The summed E-state index contributed by atoms with van der Waals surface area (Å²) in [6.07, 6.45) is -0.101. The Morgan fingerprint density at radius 1 is 1.00 bits per heavy atom. The molecule has 0 aromatic heterocycles. The third-order valence-corrected chi connectivity index (χ3v) is 5.00. The second kappa shape index (κ2) is 7.70. The van der Waals surface area contributed by atoms with Crippen LogP contribution in [-0.2, 0) is 12.6 Å². The lowest BCUT2D eigenvalue weighted by Gasteiger charge is -2.35. The molecule has 5 heteroatoms. The lowest BCUT2D eigenvalue weighted by Crippen LogP contribution is -2.51. The lowest BCUT2D eigenvalue weighted by atomic mass is 9.97. The van der Waals surface area contributed by atoms with E-state index in [1.807, 2.05) is 18.2 Å². The highest BCUT2D eigenvalue weighted by Crippen LogP contribution is 2.45. The van der Waals surface area contributed by atoms with Crippen LogP contribution in [0, 0.1) is 5.92 Å². The summed E-state index contributed by atoms with van der Waals surface area (Å²) in [4.78, 5) is 0. The largest absolute Gasteiger partial charge is 0.472 e. The Balaban J connectivity index is 1.76. The second-order valence-corrected chi connectivity index (χ2v) is 6.85. The molecule has 0 aliphatic heterocycles. The van der Waals surface area contributed by atoms with Gasteiger partial charge in [-0.2, -0.15) is 13.2 Å². The van der Waals surface area contributed by atoms with Crippen LogP contribution in [0.4, 0.5) is 13.2 Å². The van der Waals surface area contributed by atoms with E-state index >= 15 is 0 Å². The predicted molar refractivity (Wildman–Crippen MR) is 96.0 cm³/mol. The van der Waals surface area contributed by atoms with Crippen molar-refractivity contribution in [3.05, 3.63) is 65.7 Å². The first kappa shape index (κ1) is 18.8. The molecule has 1 aliphatic carbocycles. The molecule has 1 aliphatic rings. The highest BCUT2D eigenvalue weighted by atomic mass is 19.4. The highest BCUT2D eigenvalue weighted by Gasteiger charge is 2.47. The van der Waals surface area contributed by atoms with Crippen molar-refractivity contribution in [3.63, 3.8) is 0 Å². The van der Waals surface area contributed by atoms with Crippen LogP contribution in [-0.4, -0.2) is 12.8 Å². The van der Waals surface area contributed by atoms with Gasteiger partial charge in [0.15, 0.2) is 5.72 Å². The van der Waals surface area contributed by atoms with Gasteiger partial charge in [-0.1, -0.05) is 42.5 Å². The molecule has 0 amide bonds. The molecule has 1 atom stereocenters. The maximum atomic E-state index is 13.3. The first-order chi connectivity index (χ1) is 12.4. The summed E-state index contributed by atoms with van der Waals surface area (Å²) in [6, 6.07) is 15.6. The van der Waals surface area contributed by atoms with Gasteiger partial charge in [0.25, 0.3) is 0 Å². The number of halogens is 3. The number of ether oxygens (including phenoxy) is 1. The Bertz CT molecular complexity index is 713. The number of benzene rings is 2. The van der Waals surface area contributed by atoms with Crippen molar-refractivity contribution in [1.29, 1.82) is 0 Å². The molecule has 2 nitrogen and oxygen atoms in total. The van der Waals surface area contributed by atoms with Gasteiger partial charge in [-0.25, -0.2) is 0 Å². The number of aryl methyl sites for hydroxylation is 1. The van der Waals surface area contributed by atoms with Crippen molar-refractivity contribution >= 4 is 0 Å². The number of hydrogen-bond acceptors (Lipinski definition) is 2. The van der Waals surface area contributed by atoms with Crippen LogP contribution in [0.2, 0.25) is 0 Å². The van der Waals surface area contributed by atoms with Crippen molar-refractivity contribution in [1.82, 2.24) is 5.32 Å². The van der Waals surface area contributed by atoms with E-state index in [-0.39, 0.29) is 11.7 Å². The fraction of sp³-hybridized carbons (Fsp3) is 0.429. The van der Waals surface area contributed by atoms with Crippen LogP contribution >= 0.6 is 0 Å². The van der Waals surface area contributed by atoms with Crippen molar-refractivity contribution in [2.75, 3.05) is 7.05 Å². The molecule has 3 rings (SSSR count). The van der Waals surface area contributed by atoms with Crippen LogP contribution < -0.4 is 10.1 Å². The molecule has 1 unspecified atom stereocenters. The van der Waals surface area contributed by atoms with Crippen LogP contribution in [0.15, 0.2) is 54.6 Å². The Morgan fingerprint density at radius 3 is 2.27 bits per heavy atom. The molecule has 26 heavy (non-hydrogen) atoms. The van der Waals surface area contributed by atoms with Gasteiger partial charge in [0.05, 0.1) is 5.56 Å². The molecule has 0 heterocycles. The normalized spacial score (nSPS) is 16.9. The predicted octanol–water partition coefficient (Wildman–Crippen LogP) is 5.43. The maximum absolute atomic E-state index is 13.3. The molecule has 2 aromatic rings. The number of hydrogen-bond donors (Lipinski definition) is 1. The van der Waals surface area contributed by atoms with Gasteiger partial charge < -0.3 is 4.74 Å². The second-order valence-electron chi connectivity index (χ2n) is 6.85. The van der Waals surface area contributed by atoms with Crippen molar-refractivity contribution < 1.29 is 17.9 Å². The third-order valence-electron chi connectivity index (χ3n) is 5.00. The zero-order valence-corrected chi connectivity index (χ0v) is 14.9. The molecular weight excluding hydrogens is 339 g/mol. The van der Waals surface area contributed by atoms with E-state index in [1.165, 1.54) is 17.7 Å². The van der Waals surface area contributed by atoms with Gasteiger partial charge in [-0.3, -0.25) is 5.32 Å². The molecule has 2 aromatic carbocycles. The minimum atomic E-state index is -4.43. The van der Waals surface area contributed by atoms with E-state index in [1.54, 1.807) is 13.1 Å². The smallest absolute Gasteiger partial charge is 0.419 e. The van der Waals surface area contributed by atoms with Gasteiger partial charge in [0.2, 0.25) is 0 Å². The summed E-state index contributed by atoms with van der Waals surface area (Å²) < 4.78 is 46.0. The summed E-state index contributed by atoms with van der Waals surface area (Å²) in [6.45, 7) is 0. The maximum Gasteiger partial charge on any atom is 0.419 e. The van der Waals surface area contributed by atoms with E-state index in [0.29, 0.717) is 6.42 Å². The van der Waals surface area contributed by atoms with Crippen molar-refractivity contribution in [3.8, 4) is 5.75 Å². The monoisotopic (exact) mass is 363 g/mol. The number of para-hydroxylation sites is 1. The van der Waals surface area contributed by atoms with E-state index in [4.69, 9.17) is 4.74 Å². The van der Waals surface area contributed by atoms with E-state index < -0.39 is 17.5 Å². The van der Waals surface area contributed by atoms with Crippen LogP contribution in [0.1, 0.15) is 36.8 Å². The average Bonchev–Trinajstić information content (AvgIpc) is 3.47. The molecule has 140 valence electrons. The third kappa shape index (κ3) is 4.39. The number of alkyl halides is 3. The van der Waals surface area contributed by atoms with Gasteiger partial charge in [-0.05, 0) is 50.4 Å². The van der Waals surface area contributed by atoms with Crippen LogP contribution in [0.25, 0.3) is 0 Å². The number of nitrogens with one attached hydrogen (secondary N) is 1. The van der Waals surface area contributed by atoms with Gasteiger partial charge in [-0.15, -0.1) is 0 Å². The first-order valence-corrected chi connectivity index (χ1v) is 9.03. The summed E-state index contributed by atoms with van der Waals surface area (Å²) in [7, 11) is 1.77. The molecule has 0 spiro atoms. The summed E-state index contributed by atoms with van der Waals surface area (Å²) in [5.74, 6) is 0.144. The van der Waals surface area contributed by atoms with E-state index in [9.17, 15) is 13.2 Å². The molecular formula is C21H24F3NO. The van der Waals surface area contributed by atoms with Gasteiger partial charge in [0, 0.05) is 12.3 Å². The molecule has 0 radical (unpaired) electrons. The van der Waals surface area contributed by atoms with Gasteiger partial charge in [0.1, 0.15) is 5.75 Å². The summed E-state index contributed by atoms with van der Waals surface area (Å²) >= 11 is 0. The van der Waals surface area contributed by atoms with Crippen molar-refractivity contribution in [2.45, 2.75) is 44.0 Å². The topological polar surface area (TPSA) is 21.3 Å². The zero-order valence-electron chi connectivity index (χ0n) is 14.9. The van der Waals surface area contributed by atoms with Crippen molar-refractivity contribution in [2.24, 2.45) is 5.92 Å². The first-order valence-electron chi connectivity index (χ1n) is 9.03. The SMILES string of the molecule is CNC(CCCc1ccccc1)(Oc1ccccc1C(F)(F)F)C1CC1. The molecule has 1 saturated carbocycles. The Hall–Kier alpha value is -2.01. The Labute approximate surface area is 152 Å². The Morgan fingerprint density at radius 2 is 1.65 bits per heavy atom. The minimum absolute atomic E-state index is 0.0963. The average molecular weight is 363 g/mol. The molecule has 1 N–H and O–H groups in total. The van der Waals surface area contributed by atoms with E-state index in [2.05, 4.69) is 17.4 Å². The van der Waals surface area contributed by atoms with Crippen LogP contribution in [0.3, 0.4) is 0 Å². The lowest BCUT2D eigenvalue weighted by molar-refractivity contribution is -0.140. The number of rotatable bonds is 8. The zero-order chi connectivity index (χ0) is 18.6. The fourth-order valence-corrected chi connectivity index (χ4v) is 3.45. The molecule has 1 fully saturated rings. The Kier molecular flexibility index (Phi) is 5.56. The highest BCUT2D eigenvalue weighted by molar-refractivity contribution is 5.36. The minimum Gasteiger partial charge on any atom is -0.472 e. The molecule has 0 bridgehead atoms. The molecule has 0 saturated heterocycles. The van der Waals surface area contributed by atoms with E-state index in [0.717, 1.165) is 31.7 Å².